The van der Waals surface area contributed by atoms with Crippen LogP contribution in [0.3, 0.4) is 0 Å². The third-order valence-electron chi connectivity index (χ3n) is 9.17. The second-order valence-electron chi connectivity index (χ2n) is 13.4. The van der Waals surface area contributed by atoms with E-state index in [9.17, 15) is 24.0 Å². The topological polar surface area (TPSA) is 170 Å². The Morgan fingerprint density at radius 2 is 0.839 bits per heavy atom. The minimum absolute atomic E-state index is 0.0412. The molecule has 4 atom stereocenters. The Balaban J connectivity index is 1.40. The second-order valence-corrected chi connectivity index (χ2v) is 13.8. The van der Waals surface area contributed by atoms with Crippen molar-refractivity contribution in [1.82, 2.24) is 10.2 Å². The molecule has 6 aromatic carbocycles. The van der Waals surface area contributed by atoms with E-state index in [2.05, 4.69) is 10.2 Å². The van der Waals surface area contributed by atoms with Crippen molar-refractivity contribution in [3.63, 3.8) is 0 Å². The van der Waals surface area contributed by atoms with Gasteiger partial charge in [0.1, 0.15) is 6.61 Å². The third-order valence-corrected chi connectivity index (χ3v) is 9.42. The first-order valence-corrected chi connectivity index (χ1v) is 19.5. The van der Waals surface area contributed by atoms with Gasteiger partial charge in [-0.3, -0.25) is 0 Å². The normalized spacial score (nSPS) is 12.7. The van der Waals surface area contributed by atoms with Crippen molar-refractivity contribution < 1.29 is 52.1 Å². The van der Waals surface area contributed by atoms with Gasteiger partial charge in [-0.2, -0.15) is 0 Å². The molecule has 0 unspecified atom stereocenters. The molecule has 0 aliphatic rings. The summed E-state index contributed by atoms with van der Waals surface area (Å²) >= 11 is 6.13. The molecule has 0 N–H and O–H groups in total. The van der Waals surface area contributed by atoms with Crippen LogP contribution >= 0.6 is 11.6 Å². The Morgan fingerprint density at radius 1 is 0.452 bits per heavy atom. The molecule has 0 amide bonds. The van der Waals surface area contributed by atoms with E-state index >= 15 is 0 Å². The van der Waals surface area contributed by atoms with Crippen LogP contribution < -0.4 is 0 Å². The van der Waals surface area contributed by atoms with Gasteiger partial charge in [0.2, 0.25) is 12.0 Å². The molecule has 0 fully saturated rings. The molecule has 0 aliphatic heterocycles. The molecule has 0 saturated carbocycles. The van der Waals surface area contributed by atoms with E-state index in [-0.39, 0.29) is 33.7 Å². The predicted molar refractivity (Wildman–Crippen MR) is 223 cm³/mol. The van der Waals surface area contributed by atoms with E-state index in [0.717, 1.165) is 0 Å². The van der Waals surface area contributed by atoms with E-state index in [1.165, 1.54) is 60.7 Å². The Labute approximate surface area is 359 Å². The number of nitrogens with zero attached hydrogens (tertiary/aromatic N) is 2. The minimum Gasteiger partial charge on any atom is -0.458 e. The summed E-state index contributed by atoms with van der Waals surface area (Å²) in [5.74, 6) is -5.12. The molecule has 0 radical (unpaired) electrons. The smallest absolute Gasteiger partial charge is 0.339 e. The number of aromatic nitrogens is 2. The monoisotopic (exact) mass is 850 g/mol. The second kappa shape index (κ2) is 20.4. The largest absolute Gasteiger partial charge is 0.458 e. The highest BCUT2D eigenvalue weighted by Gasteiger charge is 2.48. The van der Waals surface area contributed by atoms with Crippen LogP contribution in [0.2, 0.25) is 5.02 Å². The number of ether oxygens (including phenoxy) is 5. The van der Waals surface area contributed by atoms with Crippen molar-refractivity contribution in [2.45, 2.75) is 24.4 Å². The van der Waals surface area contributed by atoms with E-state index in [1.807, 2.05) is 0 Å². The predicted octanol–water partition coefficient (Wildman–Crippen LogP) is 8.82. The van der Waals surface area contributed by atoms with Gasteiger partial charge in [-0.05, 0) is 84.9 Å². The third kappa shape index (κ3) is 10.8. The maximum absolute atomic E-state index is 14.2. The molecule has 0 aliphatic carbocycles. The summed E-state index contributed by atoms with van der Waals surface area (Å²) in [6.07, 6.45) is -7.56. The zero-order valence-corrected chi connectivity index (χ0v) is 33.3. The molecule has 0 spiro atoms. The van der Waals surface area contributed by atoms with Gasteiger partial charge in [-0.1, -0.05) is 103 Å². The van der Waals surface area contributed by atoms with Gasteiger partial charge in [-0.25, -0.2) is 24.0 Å². The molecule has 7 aromatic rings. The van der Waals surface area contributed by atoms with Crippen molar-refractivity contribution in [2.75, 3.05) is 6.61 Å². The molecule has 62 heavy (non-hydrogen) atoms. The van der Waals surface area contributed by atoms with Gasteiger partial charge in [0.25, 0.3) is 5.89 Å². The van der Waals surface area contributed by atoms with Crippen LogP contribution in [0.4, 0.5) is 0 Å². The van der Waals surface area contributed by atoms with Crippen LogP contribution in [-0.2, 0) is 23.7 Å². The summed E-state index contributed by atoms with van der Waals surface area (Å²) in [6, 6.07) is 45.7. The first-order chi connectivity index (χ1) is 30.2. The van der Waals surface area contributed by atoms with Gasteiger partial charge < -0.3 is 28.1 Å². The zero-order chi connectivity index (χ0) is 43.3. The van der Waals surface area contributed by atoms with Gasteiger partial charge in [0, 0.05) is 10.6 Å². The maximum atomic E-state index is 14.2. The molecular weight excluding hydrogens is 816 g/mol. The minimum atomic E-state index is -1.97. The Bertz CT molecular complexity index is 2590. The van der Waals surface area contributed by atoms with E-state index in [1.54, 1.807) is 115 Å². The molecule has 0 saturated heterocycles. The SMILES string of the molecule is O=C(OC[C@@H](OC(=O)c1ccccc1)[C@H](OC(=O)c1ccccc1)[C@H](OC(=O)c1ccccc1)[C@@H](OC(=O)c1ccccc1)c1nnc(-c2ccc(Cl)cc2)o1)c1ccccc1. The fourth-order valence-corrected chi connectivity index (χ4v) is 6.18. The van der Waals surface area contributed by atoms with E-state index < -0.39 is 66.8 Å². The quantitative estimate of drug-likeness (QED) is 0.0668. The van der Waals surface area contributed by atoms with Crippen LogP contribution in [0.5, 0.6) is 0 Å². The van der Waals surface area contributed by atoms with Gasteiger partial charge in [0.15, 0.2) is 18.3 Å². The highest BCUT2D eigenvalue weighted by molar-refractivity contribution is 6.30. The molecule has 310 valence electrons. The number of hydrogen-bond donors (Lipinski definition) is 0. The average molecular weight is 851 g/mol. The maximum Gasteiger partial charge on any atom is 0.339 e. The molecule has 0 bridgehead atoms. The van der Waals surface area contributed by atoms with Crippen LogP contribution in [0, 0.1) is 0 Å². The fourth-order valence-electron chi connectivity index (χ4n) is 6.05. The summed E-state index contributed by atoms with van der Waals surface area (Å²) in [7, 11) is 0. The lowest BCUT2D eigenvalue weighted by atomic mass is 10.0. The van der Waals surface area contributed by atoms with Crippen LogP contribution in [0.1, 0.15) is 63.8 Å². The zero-order valence-electron chi connectivity index (χ0n) is 32.5. The molecule has 14 heteroatoms. The van der Waals surface area contributed by atoms with Gasteiger partial charge in [0.05, 0.1) is 27.8 Å². The Kier molecular flexibility index (Phi) is 13.9. The van der Waals surface area contributed by atoms with Gasteiger partial charge in [-0.15, -0.1) is 10.2 Å². The number of halogens is 1. The summed E-state index contributed by atoms with van der Waals surface area (Å²) in [5, 5.41) is 8.82. The van der Waals surface area contributed by atoms with Crippen molar-refractivity contribution in [3.05, 3.63) is 215 Å². The number of hydrogen-bond acceptors (Lipinski definition) is 13. The molecular formula is C48H35ClN2O11. The summed E-state index contributed by atoms with van der Waals surface area (Å²) in [5.41, 5.74) is 0.814. The molecule has 1 aromatic heterocycles. The number of esters is 5. The first kappa shape index (κ1) is 42.2. The molecule has 1 heterocycles. The number of rotatable bonds is 16. The van der Waals surface area contributed by atoms with Crippen molar-refractivity contribution in [2.24, 2.45) is 0 Å². The average Bonchev–Trinajstić information content (AvgIpc) is 3.82. The van der Waals surface area contributed by atoms with Crippen LogP contribution in [-0.4, -0.2) is 65.0 Å². The van der Waals surface area contributed by atoms with E-state index in [4.69, 9.17) is 39.7 Å². The lowest BCUT2D eigenvalue weighted by molar-refractivity contribution is -0.136. The highest BCUT2D eigenvalue weighted by Crippen LogP contribution is 2.34. The first-order valence-electron chi connectivity index (χ1n) is 19.1. The Hall–Kier alpha value is -7.90. The summed E-state index contributed by atoms with van der Waals surface area (Å²) < 4.78 is 36.4. The highest BCUT2D eigenvalue weighted by atomic mass is 35.5. The van der Waals surface area contributed by atoms with Crippen molar-refractivity contribution in [3.8, 4) is 11.5 Å². The summed E-state index contributed by atoms with van der Waals surface area (Å²) in [6.45, 7) is -0.766. The summed E-state index contributed by atoms with van der Waals surface area (Å²) in [4.78, 5) is 69.8. The van der Waals surface area contributed by atoms with Crippen molar-refractivity contribution >= 4 is 41.4 Å². The van der Waals surface area contributed by atoms with Gasteiger partial charge >= 0.3 is 29.8 Å². The lowest BCUT2D eigenvalue weighted by Gasteiger charge is -2.35. The van der Waals surface area contributed by atoms with Crippen LogP contribution in [0.15, 0.2) is 180 Å². The van der Waals surface area contributed by atoms with Crippen LogP contribution in [0.25, 0.3) is 11.5 Å². The number of carbonyl (C=O) groups excluding carboxylic acids is 5. The van der Waals surface area contributed by atoms with Crippen molar-refractivity contribution in [1.29, 1.82) is 0 Å². The number of benzene rings is 6. The molecule has 13 nitrogen and oxygen atoms in total. The molecule has 7 rings (SSSR count). The number of carbonyl (C=O) groups is 5. The lowest BCUT2D eigenvalue weighted by Crippen LogP contribution is -2.51. The van der Waals surface area contributed by atoms with E-state index in [0.29, 0.717) is 10.6 Å². The fraction of sp³-hybridized carbons (Fsp3) is 0.104. The standard InChI is InChI=1S/C48H35ClN2O11/c49-37-28-26-31(27-29-37)42-50-51-43(62-42)41(61-48(56)36-24-14-5-15-25-36)40(60-47(55)35-22-12-4-13-23-35)39(59-46(54)34-20-10-3-11-21-34)38(58-45(53)33-18-8-2-9-19-33)30-57-44(52)32-16-6-1-7-17-32/h1-29,38-41H,30H2/t38-,39+,40+,41-/m1/s1. The Morgan fingerprint density at radius 3 is 1.29 bits per heavy atom.